The van der Waals surface area contributed by atoms with Crippen LogP contribution in [0.3, 0.4) is 0 Å². The van der Waals surface area contributed by atoms with Gasteiger partial charge in [-0.1, -0.05) is 18.2 Å². The molecule has 0 saturated carbocycles. The molecule has 7 nitrogen and oxygen atoms in total. The van der Waals surface area contributed by atoms with Crippen LogP contribution < -0.4 is 11.1 Å². The number of nitrogens with zero attached hydrogens (tertiary/aromatic N) is 2. The molecule has 1 aromatic carbocycles. The first-order chi connectivity index (χ1) is 13.5. The molecule has 0 spiro atoms. The third-order valence-electron chi connectivity index (χ3n) is 3.98. The zero-order valence-electron chi connectivity index (χ0n) is 15.7. The molecule has 0 atom stereocenters. The fourth-order valence-electron chi connectivity index (χ4n) is 2.76. The summed E-state index contributed by atoms with van der Waals surface area (Å²) in [5, 5.41) is 4.57. The molecule has 2 heterocycles. The molecule has 2 aromatic heterocycles. The number of fused-ring (bicyclic) bond motifs is 1. The average Bonchev–Trinajstić information content (AvgIpc) is 3.01. The van der Waals surface area contributed by atoms with Gasteiger partial charge in [0.2, 0.25) is 0 Å². The maximum absolute atomic E-state index is 12.4. The zero-order valence-corrected chi connectivity index (χ0v) is 17.4. The van der Waals surface area contributed by atoms with Crippen molar-refractivity contribution in [2.75, 3.05) is 19.4 Å². The summed E-state index contributed by atoms with van der Waals surface area (Å²) in [6.07, 6.45) is 0. The van der Waals surface area contributed by atoms with E-state index in [0.717, 1.165) is 27.3 Å². The van der Waals surface area contributed by atoms with Crippen LogP contribution in [0.25, 0.3) is 10.9 Å². The number of hydrogen-bond acceptors (Lipinski definition) is 8. The number of anilines is 1. The van der Waals surface area contributed by atoms with Crippen molar-refractivity contribution in [2.45, 2.75) is 24.6 Å². The van der Waals surface area contributed by atoms with Gasteiger partial charge in [-0.3, -0.25) is 4.79 Å². The largest absolute Gasteiger partial charge is 0.462 e. The number of carbonyl (C=O) groups excluding carboxylic acids is 2. The summed E-state index contributed by atoms with van der Waals surface area (Å²) in [5.41, 5.74) is 7.72. The van der Waals surface area contributed by atoms with Gasteiger partial charge in [0.05, 0.1) is 22.6 Å². The molecule has 0 radical (unpaired) electrons. The lowest BCUT2D eigenvalue weighted by Crippen LogP contribution is -2.18. The predicted octanol–water partition coefficient (Wildman–Crippen LogP) is 3.41. The van der Waals surface area contributed by atoms with Crippen LogP contribution in [0.1, 0.15) is 38.3 Å². The van der Waals surface area contributed by atoms with E-state index >= 15 is 0 Å². The molecule has 3 aromatic rings. The number of nitrogen functional groups attached to an aromatic ring is 1. The third-order valence-corrected chi connectivity index (χ3v) is 6.06. The van der Waals surface area contributed by atoms with Gasteiger partial charge in [-0.25, -0.2) is 14.8 Å². The highest BCUT2D eigenvalue weighted by atomic mass is 32.2. The number of aromatic nitrogens is 2. The molecule has 0 unspecified atom stereocenters. The first-order valence-electron chi connectivity index (χ1n) is 8.62. The van der Waals surface area contributed by atoms with Crippen LogP contribution in [0.15, 0.2) is 29.3 Å². The van der Waals surface area contributed by atoms with E-state index in [-0.39, 0.29) is 23.1 Å². The Balaban J connectivity index is 2.02. The van der Waals surface area contributed by atoms with E-state index in [0.29, 0.717) is 22.0 Å². The lowest BCUT2D eigenvalue weighted by molar-refractivity contribution is 0.0527. The number of para-hydroxylation sites is 1. The van der Waals surface area contributed by atoms with Crippen LogP contribution in [0.2, 0.25) is 0 Å². The van der Waals surface area contributed by atoms with E-state index < -0.39 is 5.97 Å². The van der Waals surface area contributed by atoms with Crippen molar-refractivity contribution >= 4 is 50.9 Å². The lowest BCUT2D eigenvalue weighted by atomic mass is 10.1. The number of ether oxygens (including phenoxy) is 1. The molecule has 3 rings (SSSR count). The Morgan fingerprint density at radius 3 is 2.75 bits per heavy atom. The molecule has 0 bridgehead atoms. The number of rotatable bonds is 6. The van der Waals surface area contributed by atoms with Gasteiger partial charge in [-0.2, -0.15) is 0 Å². The zero-order chi connectivity index (χ0) is 20.3. The van der Waals surface area contributed by atoms with Crippen molar-refractivity contribution in [1.29, 1.82) is 0 Å². The van der Waals surface area contributed by atoms with Gasteiger partial charge in [-0.15, -0.1) is 23.1 Å². The highest BCUT2D eigenvalue weighted by molar-refractivity contribution is 7.98. The highest BCUT2D eigenvalue weighted by Gasteiger charge is 2.26. The van der Waals surface area contributed by atoms with E-state index in [9.17, 15) is 9.59 Å². The van der Waals surface area contributed by atoms with Crippen molar-refractivity contribution in [3.63, 3.8) is 0 Å². The first kappa shape index (κ1) is 20.1. The fraction of sp³-hybridized carbons (Fsp3) is 0.263. The third kappa shape index (κ3) is 3.95. The van der Waals surface area contributed by atoms with Crippen molar-refractivity contribution < 1.29 is 14.3 Å². The summed E-state index contributed by atoms with van der Waals surface area (Å²) >= 11 is 2.52. The standard InChI is InChI=1S/C19H20N4O3S2/c1-4-26-19(25)14-12(15(17(24)21-3)28-16(14)20)9-27-18-11-7-5-6-8-13(11)22-10(2)23-18/h5-8H,4,9,20H2,1-3H3,(H,21,24). The van der Waals surface area contributed by atoms with Crippen LogP contribution >= 0.6 is 23.1 Å². The Kier molecular flexibility index (Phi) is 6.15. The second-order valence-electron chi connectivity index (χ2n) is 5.83. The summed E-state index contributed by atoms with van der Waals surface area (Å²) in [6.45, 7) is 3.79. The predicted molar refractivity (Wildman–Crippen MR) is 112 cm³/mol. The minimum atomic E-state index is -0.522. The summed E-state index contributed by atoms with van der Waals surface area (Å²) in [6, 6.07) is 7.72. The lowest BCUT2D eigenvalue weighted by Gasteiger charge is -2.09. The number of carbonyl (C=O) groups is 2. The number of nitrogens with one attached hydrogen (secondary N) is 1. The topological polar surface area (TPSA) is 107 Å². The molecule has 146 valence electrons. The van der Waals surface area contributed by atoms with Gasteiger partial charge < -0.3 is 15.8 Å². The van der Waals surface area contributed by atoms with Gasteiger partial charge in [0.15, 0.2) is 0 Å². The number of esters is 1. The molecular weight excluding hydrogens is 396 g/mol. The summed E-state index contributed by atoms with van der Waals surface area (Å²) < 4.78 is 5.14. The molecule has 28 heavy (non-hydrogen) atoms. The van der Waals surface area contributed by atoms with Crippen molar-refractivity contribution in [3.05, 3.63) is 46.1 Å². The van der Waals surface area contributed by atoms with Gasteiger partial charge in [0.1, 0.15) is 15.9 Å². The van der Waals surface area contributed by atoms with Crippen LogP contribution in [0, 0.1) is 6.92 Å². The van der Waals surface area contributed by atoms with Crippen LogP contribution in [-0.2, 0) is 10.5 Å². The second kappa shape index (κ2) is 8.57. The van der Waals surface area contributed by atoms with E-state index in [4.69, 9.17) is 10.5 Å². The Morgan fingerprint density at radius 1 is 1.29 bits per heavy atom. The van der Waals surface area contributed by atoms with Gasteiger partial charge >= 0.3 is 5.97 Å². The second-order valence-corrected chi connectivity index (χ2v) is 7.85. The van der Waals surface area contributed by atoms with Crippen molar-refractivity contribution in [1.82, 2.24) is 15.3 Å². The average molecular weight is 417 g/mol. The molecule has 0 aliphatic rings. The van der Waals surface area contributed by atoms with Crippen LogP contribution in [0.4, 0.5) is 5.00 Å². The maximum Gasteiger partial charge on any atom is 0.341 e. The fourth-order valence-corrected chi connectivity index (χ4v) is 4.96. The van der Waals surface area contributed by atoms with E-state index in [1.165, 1.54) is 11.8 Å². The number of benzene rings is 1. The summed E-state index contributed by atoms with van der Waals surface area (Å²) in [5.74, 6) is 0.200. The van der Waals surface area contributed by atoms with Crippen molar-refractivity contribution in [2.24, 2.45) is 0 Å². The SMILES string of the molecule is CCOC(=O)c1c(N)sc(C(=O)NC)c1CSc1nc(C)nc2ccccc12. The minimum Gasteiger partial charge on any atom is -0.462 e. The summed E-state index contributed by atoms with van der Waals surface area (Å²) in [7, 11) is 1.54. The van der Waals surface area contributed by atoms with E-state index in [1.807, 2.05) is 31.2 Å². The van der Waals surface area contributed by atoms with E-state index in [2.05, 4.69) is 15.3 Å². The summed E-state index contributed by atoms with van der Waals surface area (Å²) in [4.78, 5) is 34.1. The number of thiophene rings is 1. The Labute approximate surface area is 170 Å². The van der Waals surface area contributed by atoms with Gasteiger partial charge in [-0.05, 0) is 19.9 Å². The molecule has 1 amide bonds. The minimum absolute atomic E-state index is 0.228. The number of thioether (sulfide) groups is 1. The normalized spacial score (nSPS) is 10.8. The number of amides is 1. The molecule has 0 aliphatic heterocycles. The number of nitrogens with two attached hydrogens (primary N) is 1. The smallest absolute Gasteiger partial charge is 0.341 e. The number of aryl methyl sites for hydroxylation is 1. The number of hydrogen-bond donors (Lipinski definition) is 2. The van der Waals surface area contributed by atoms with Crippen LogP contribution in [-0.4, -0.2) is 35.5 Å². The highest BCUT2D eigenvalue weighted by Crippen LogP contribution is 2.37. The maximum atomic E-state index is 12.4. The molecule has 9 heteroatoms. The first-order valence-corrected chi connectivity index (χ1v) is 10.4. The van der Waals surface area contributed by atoms with Gasteiger partial charge in [0.25, 0.3) is 5.91 Å². The van der Waals surface area contributed by atoms with Crippen molar-refractivity contribution in [3.8, 4) is 0 Å². The quantitative estimate of drug-likeness (QED) is 0.360. The Bertz CT molecular complexity index is 1050. The van der Waals surface area contributed by atoms with E-state index in [1.54, 1.807) is 14.0 Å². The van der Waals surface area contributed by atoms with Gasteiger partial charge in [0, 0.05) is 23.8 Å². The molecule has 0 fully saturated rings. The molecule has 3 N–H and O–H groups in total. The van der Waals surface area contributed by atoms with Crippen LogP contribution in [0.5, 0.6) is 0 Å². The monoisotopic (exact) mass is 416 g/mol. The molecule has 0 saturated heterocycles. The molecular formula is C19H20N4O3S2. The Morgan fingerprint density at radius 2 is 2.04 bits per heavy atom. The Hall–Kier alpha value is -2.65. The molecule has 0 aliphatic carbocycles.